The van der Waals surface area contributed by atoms with Gasteiger partial charge in [-0.25, -0.2) is 0 Å². The van der Waals surface area contributed by atoms with Crippen molar-refractivity contribution in [1.82, 2.24) is 10.2 Å². The molecule has 3 N–H and O–H groups in total. The van der Waals surface area contributed by atoms with E-state index in [9.17, 15) is 0 Å². The van der Waals surface area contributed by atoms with E-state index in [2.05, 4.69) is 17.0 Å². The largest absolute Gasteiger partial charge is 0.395 e. The third kappa shape index (κ3) is 16.0. The molecule has 1 aliphatic heterocycles. The van der Waals surface area contributed by atoms with Crippen LogP contribution in [0.15, 0.2) is 0 Å². The first-order valence-corrected chi connectivity index (χ1v) is 7.65. The second kappa shape index (κ2) is 17.8. The highest BCUT2D eigenvalue weighted by atomic mass is 16.5. The van der Waals surface area contributed by atoms with Gasteiger partial charge in [0.15, 0.2) is 0 Å². The molecule has 1 rings (SSSR count). The van der Waals surface area contributed by atoms with Gasteiger partial charge in [-0.1, -0.05) is 13.8 Å². The van der Waals surface area contributed by atoms with E-state index in [1.54, 1.807) is 21.3 Å². The molecular formula is C15H36N2O4. The number of nitrogens with zero attached hydrogens (tertiary/aromatic N) is 1. The highest BCUT2D eigenvalue weighted by Crippen LogP contribution is 2.12. The Morgan fingerprint density at radius 1 is 1.19 bits per heavy atom. The predicted molar refractivity (Wildman–Crippen MR) is 86.4 cm³/mol. The van der Waals surface area contributed by atoms with Crippen molar-refractivity contribution in [2.75, 3.05) is 60.9 Å². The van der Waals surface area contributed by atoms with Crippen molar-refractivity contribution in [1.29, 1.82) is 0 Å². The van der Waals surface area contributed by atoms with E-state index in [1.807, 2.05) is 11.8 Å². The van der Waals surface area contributed by atoms with Crippen LogP contribution in [-0.2, 0) is 9.47 Å². The lowest BCUT2D eigenvalue weighted by atomic mass is 9.97. The van der Waals surface area contributed by atoms with Crippen LogP contribution in [0.2, 0.25) is 0 Å². The molecule has 2 atom stereocenters. The van der Waals surface area contributed by atoms with Crippen molar-refractivity contribution in [3.63, 3.8) is 0 Å². The number of methoxy groups -OCH3 is 2. The Kier molecular flexibility index (Phi) is 19.5. The van der Waals surface area contributed by atoms with Crippen LogP contribution < -0.4 is 5.32 Å². The van der Waals surface area contributed by atoms with Crippen LogP contribution in [-0.4, -0.2) is 82.1 Å². The van der Waals surface area contributed by atoms with Crippen LogP contribution in [0.25, 0.3) is 0 Å². The molecule has 0 aliphatic carbocycles. The lowest BCUT2D eigenvalue weighted by Crippen LogP contribution is -2.40. The average molecular weight is 308 g/mol. The zero-order chi connectivity index (χ0) is 16.5. The van der Waals surface area contributed by atoms with Crippen LogP contribution in [0, 0.1) is 5.92 Å². The second-order valence-corrected chi connectivity index (χ2v) is 5.22. The fourth-order valence-corrected chi connectivity index (χ4v) is 1.76. The lowest BCUT2D eigenvalue weighted by molar-refractivity contribution is 0.0793. The number of aliphatic hydroxyl groups is 2. The maximum Gasteiger partial charge on any atom is 0.0957 e. The number of rotatable bonds is 6. The van der Waals surface area contributed by atoms with Gasteiger partial charge in [0, 0.05) is 33.9 Å². The molecule has 0 saturated carbocycles. The molecule has 21 heavy (non-hydrogen) atoms. The summed E-state index contributed by atoms with van der Waals surface area (Å²) in [7, 11) is 4.91. The third-order valence-electron chi connectivity index (χ3n) is 3.24. The Bertz CT molecular complexity index is 178. The number of nitrogens with one attached hydrogen (secondary N) is 1. The Labute approximate surface area is 130 Å². The Balaban J connectivity index is 0. The summed E-state index contributed by atoms with van der Waals surface area (Å²) in [5.41, 5.74) is 0. The van der Waals surface area contributed by atoms with Crippen LogP contribution in [0.1, 0.15) is 26.7 Å². The third-order valence-corrected chi connectivity index (χ3v) is 3.24. The van der Waals surface area contributed by atoms with Gasteiger partial charge >= 0.3 is 0 Å². The lowest BCUT2D eigenvalue weighted by Gasteiger charge is -2.25. The first-order chi connectivity index (χ1) is 10.1. The van der Waals surface area contributed by atoms with Gasteiger partial charge in [-0.3, -0.25) is 4.90 Å². The molecule has 1 aliphatic rings. The van der Waals surface area contributed by atoms with Gasteiger partial charge in [-0.05, 0) is 31.8 Å². The number of likely N-dealkylation sites (N-methyl/N-ethyl adjacent to an activating group) is 1. The van der Waals surface area contributed by atoms with E-state index < -0.39 is 0 Å². The summed E-state index contributed by atoms with van der Waals surface area (Å²) >= 11 is 0. The van der Waals surface area contributed by atoms with E-state index in [4.69, 9.17) is 14.9 Å². The normalized spacial score (nSPS) is 21.1. The molecule has 1 fully saturated rings. The van der Waals surface area contributed by atoms with Gasteiger partial charge in [0.05, 0.1) is 19.9 Å². The van der Waals surface area contributed by atoms with Crippen LogP contribution >= 0.6 is 0 Å². The first-order valence-electron chi connectivity index (χ1n) is 7.65. The van der Waals surface area contributed by atoms with Crippen molar-refractivity contribution in [3.05, 3.63) is 0 Å². The Morgan fingerprint density at radius 3 is 2.14 bits per heavy atom. The van der Waals surface area contributed by atoms with Gasteiger partial charge in [-0.15, -0.1) is 0 Å². The summed E-state index contributed by atoms with van der Waals surface area (Å²) in [6.07, 6.45) is 2.40. The number of piperidine rings is 1. The van der Waals surface area contributed by atoms with Gasteiger partial charge in [-0.2, -0.15) is 0 Å². The monoisotopic (exact) mass is 308 g/mol. The quantitative estimate of drug-likeness (QED) is 0.622. The van der Waals surface area contributed by atoms with Crippen molar-refractivity contribution in [2.45, 2.75) is 32.7 Å². The van der Waals surface area contributed by atoms with Crippen molar-refractivity contribution in [2.24, 2.45) is 5.92 Å². The average Bonchev–Trinajstić information content (AvgIpc) is 2.51. The maximum atomic E-state index is 8.71. The fraction of sp³-hybridized carbons (Fsp3) is 1.00. The van der Waals surface area contributed by atoms with E-state index in [0.29, 0.717) is 19.3 Å². The Hall–Kier alpha value is -0.240. The van der Waals surface area contributed by atoms with Crippen molar-refractivity contribution in [3.8, 4) is 0 Å². The zero-order valence-corrected chi connectivity index (χ0v) is 14.5. The first kappa shape index (κ1) is 23.0. The molecule has 2 unspecified atom stereocenters. The van der Waals surface area contributed by atoms with Crippen LogP contribution in [0.5, 0.6) is 0 Å². The summed E-state index contributed by atoms with van der Waals surface area (Å²) in [6.45, 7) is 8.11. The molecular weight excluding hydrogens is 272 g/mol. The molecule has 6 heteroatoms. The van der Waals surface area contributed by atoms with E-state index in [1.165, 1.54) is 6.42 Å². The van der Waals surface area contributed by atoms with E-state index >= 15 is 0 Å². The van der Waals surface area contributed by atoms with Gasteiger partial charge in [0.25, 0.3) is 0 Å². The smallest absolute Gasteiger partial charge is 0.0957 e. The van der Waals surface area contributed by atoms with Crippen molar-refractivity contribution >= 4 is 0 Å². The zero-order valence-electron chi connectivity index (χ0n) is 14.5. The molecule has 1 saturated heterocycles. The molecule has 0 amide bonds. The molecule has 6 nitrogen and oxygen atoms in total. The van der Waals surface area contributed by atoms with Crippen LogP contribution in [0.4, 0.5) is 0 Å². The molecule has 0 aromatic carbocycles. The standard InChI is InChI=1S/C7H15NO.C6H15NO2.C2H6O/c1-6-2-3-7(5-9)8-4-6;1-3-7(6-8)4-5-9-2;1-3-2/h6-9H,2-5H2,1H3;8H,3-6H2,1-2H3;1-2H3. The number of aliphatic hydroxyl groups excluding tert-OH is 2. The van der Waals surface area contributed by atoms with Crippen molar-refractivity contribution < 1.29 is 19.7 Å². The van der Waals surface area contributed by atoms with Gasteiger partial charge in [0.1, 0.15) is 0 Å². The molecule has 130 valence electrons. The summed E-state index contributed by atoms with van der Waals surface area (Å²) in [5.74, 6) is 0.799. The minimum atomic E-state index is 0.125. The molecule has 0 spiro atoms. The Morgan fingerprint density at radius 2 is 1.81 bits per heavy atom. The molecule has 0 aromatic heterocycles. The number of ether oxygens (including phenoxy) is 2. The number of hydrogen-bond acceptors (Lipinski definition) is 6. The summed E-state index contributed by atoms with van der Waals surface area (Å²) in [4.78, 5) is 1.89. The number of hydrogen-bond donors (Lipinski definition) is 3. The predicted octanol–water partition coefficient (Wildman–Crippen LogP) is 0.534. The topological polar surface area (TPSA) is 74.2 Å². The second-order valence-electron chi connectivity index (χ2n) is 5.22. The molecule has 1 heterocycles. The maximum absolute atomic E-state index is 8.71. The molecule has 0 aromatic rings. The summed E-state index contributed by atoms with van der Waals surface area (Å²) in [6, 6.07) is 0.376. The van der Waals surface area contributed by atoms with E-state index in [-0.39, 0.29) is 6.73 Å². The van der Waals surface area contributed by atoms with Gasteiger partial charge in [0.2, 0.25) is 0 Å². The summed E-state index contributed by atoms with van der Waals surface area (Å²) in [5, 5.41) is 20.6. The minimum Gasteiger partial charge on any atom is -0.395 e. The molecule has 0 radical (unpaired) electrons. The van der Waals surface area contributed by atoms with Crippen LogP contribution in [0.3, 0.4) is 0 Å². The SMILES string of the molecule is CC1CCC(CO)NC1.CCN(CO)CCOC.COC. The highest BCUT2D eigenvalue weighted by Gasteiger charge is 2.15. The van der Waals surface area contributed by atoms with E-state index in [0.717, 1.165) is 32.0 Å². The summed E-state index contributed by atoms with van der Waals surface area (Å²) < 4.78 is 9.07. The van der Waals surface area contributed by atoms with Gasteiger partial charge < -0.3 is 25.0 Å². The molecule has 0 bridgehead atoms. The highest BCUT2D eigenvalue weighted by molar-refractivity contribution is 4.74. The fourth-order valence-electron chi connectivity index (χ4n) is 1.76. The minimum absolute atomic E-state index is 0.125.